The molecule has 2 N–H and O–H groups in total. The second kappa shape index (κ2) is 14.2. The van der Waals surface area contributed by atoms with Gasteiger partial charge in [-0.3, -0.25) is 10.6 Å². The van der Waals surface area contributed by atoms with Crippen molar-refractivity contribution in [3.63, 3.8) is 0 Å². The van der Waals surface area contributed by atoms with Crippen molar-refractivity contribution < 1.29 is 27.8 Å². The Hall–Kier alpha value is -3.24. The van der Waals surface area contributed by atoms with Crippen LogP contribution in [-0.2, 0) is 9.47 Å². The Morgan fingerprint density at radius 2 is 1.09 bits per heavy atom. The van der Waals surface area contributed by atoms with E-state index in [1.54, 1.807) is 0 Å². The van der Waals surface area contributed by atoms with E-state index in [9.17, 15) is 18.4 Å². The first kappa shape index (κ1) is 26.4. The normalized spacial score (nSPS) is 14.7. The molecule has 2 aromatic carbocycles. The van der Waals surface area contributed by atoms with Gasteiger partial charge in [0, 0.05) is 37.6 Å². The maximum Gasteiger partial charge on any atom is 0.411 e. The van der Waals surface area contributed by atoms with E-state index in [4.69, 9.17) is 9.47 Å². The molecule has 10 heteroatoms. The number of ether oxygens (including phenoxy) is 2. The molecule has 0 atom stereocenters. The molecule has 8 nitrogen and oxygen atoms in total. The number of amides is 2. The number of carbonyl (C=O) groups is 2. The van der Waals surface area contributed by atoms with Crippen molar-refractivity contribution in [1.82, 2.24) is 9.80 Å². The van der Waals surface area contributed by atoms with Crippen LogP contribution < -0.4 is 10.6 Å². The van der Waals surface area contributed by atoms with Gasteiger partial charge in [0.25, 0.3) is 0 Å². The second-order valence-electron chi connectivity index (χ2n) is 8.28. The third kappa shape index (κ3) is 10.3. The van der Waals surface area contributed by atoms with E-state index in [0.717, 1.165) is 58.5 Å². The molecule has 0 spiro atoms. The van der Waals surface area contributed by atoms with E-state index >= 15 is 0 Å². The first-order chi connectivity index (χ1) is 17.0. The molecule has 0 radical (unpaired) electrons. The first-order valence-corrected chi connectivity index (χ1v) is 11.8. The molecule has 0 unspecified atom stereocenters. The van der Waals surface area contributed by atoms with Crippen molar-refractivity contribution >= 4 is 23.6 Å². The van der Waals surface area contributed by atoms with Gasteiger partial charge in [-0.05, 0) is 80.9 Å². The molecule has 1 fully saturated rings. The lowest BCUT2D eigenvalue weighted by Gasteiger charge is -2.21. The molecule has 1 heterocycles. The lowest BCUT2D eigenvalue weighted by atomic mass is 10.3. The van der Waals surface area contributed by atoms with Gasteiger partial charge in [-0.25, -0.2) is 18.4 Å². The lowest BCUT2D eigenvalue weighted by molar-refractivity contribution is 0.149. The average Bonchev–Trinajstić information content (AvgIpc) is 3.08. The molecule has 0 bridgehead atoms. The smallest absolute Gasteiger partial charge is 0.411 e. The fourth-order valence-corrected chi connectivity index (χ4v) is 3.75. The van der Waals surface area contributed by atoms with Gasteiger partial charge in [0.2, 0.25) is 0 Å². The molecule has 2 aromatic rings. The van der Waals surface area contributed by atoms with Gasteiger partial charge in [0.1, 0.15) is 11.6 Å². The summed E-state index contributed by atoms with van der Waals surface area (Å²) in [7, 11) is 0. The van der Waals surface area contributed by atoms with Crippen LogP contribution in [0.1, 0.15) is 19.3 Å². The number of halogens is 2. The van der Waals surface area contributed by atoms with Crippen molar-refractivity contribution in [3.8, 4) is 0 Å². The number of anilines is 2. The first-order valence-electron chi connectivity index (χ1n) is 11.8. The zero-order valence-electron chi connectivity index (χ0n) is 19.7. The number of nitrogens with zero attached hydrogens (tertiary/aromatic N) is 2. The van der Waals surface area contributed by atoms with E-state index in [2.05, 4.69) is 20.4 Å². The lowest BCUT2D eigenvalue weighted by Crippen LogP contribution is -2.32. The van der Waals surface area contributed by atoms with E-state index < -0.39 is 12.2 Å². The van der Waals surface area contributed by atoms with E-state index in [1.165, 1.54) is 48.5 Å². The predicted molar refractivity (Wildman–Crippen MR) is 129 cm³/mol. The molecule has 0 aromatic heterocycles. The summed E-state index contributed by atoms with van der Waals surface area (Å²) in [5, 5.41) is 5.14. The molecule has 1 saturated heterocycles. The summed E-state index contributed by atoms with van der Waals surface area (Å²) in [6.07, 6.45) is 1.40. The van der Waals surface area contributed by atoms with Gasteiger partial charge in [-0.2, -0.15) is 0 Å². The minimum atomic E-state index is -0.549. The molecule has 3 rings (SSSR count). The molecule has 1 aliphatic heterocycles. The summed E-state index contributed by atoms with van der Waals surface area (Å²) in [5.41, 5.74) is 0.978. The highest BCUT2D eigenvalue weighted by Gasteiger charge is 2.15. The van der Waals surface area contributed by atoms with Crippen molar-refractivity contribution in [2.24, 2.45) is 0 Å². The highest BCUT2D eigenvalue weighted by Crippen LogP contribution is 2.10. The number of carbonyl (C=O) groups excluding carboxylic acids is 2. The van der Waals surface area contributed by atoms with Crippen molar-refractivity contribution in [3.05, 3.63) is 60.2 Å². The maximum absolute atomic E-state index is 12.9. The third-order valence-electron chi connectivity index (χ3n) is 5.57. The number of rotatable bonds is 10. The van der Waals surface area contributed by atoms with Gasteiger partial charge in [0.05, 0.1) is 13.2 Å². The minimum absolute atomic E-state index is 0.310. The Morgan fingerprint density at radius 1 is 0.686 bits per heavy atom. The molecule has 35 heavy (non-hydrogen) atoms. The van der Waals surface area contributed by atoms with Crippen molar-refractivity contribution in [1.29, 1.82) is 0 Å². The zero-order valence-corrected chi connectivity index (χ0v) is 19.7. The van der Waals surface area contributed by atoms with Crippen molar-refractivity contribution in [2.45, 2.75) is 19.3 Å². The van der Waals surface area contributed by atoms with Gasteiger partial charge in [0.15, 0.2) is 0 Å². The summed E-state index contributed by atoms with van der Waals surface area (Å²) in [5.74, 6) is -0.724. The molecule has 1 aliphatic rings. The highest BCUT2D eigenvalue weighted by atomic mass is 19.1. The molecular weight excluding hydrogens is 458 g/mol. The largest absolute Gasteiger partial charge is 0.449 e. The SMILES string of the molecule is O=C(Nc1ccc(F)cc1)OCCCN1CCCN(CCCOC(=O)Nc2ccc(F)cc2)CC1. The summed E-state index contributed by atoms with van der Waals surface area (Å²) < 4.78 is 36.2. The van der Waals surface area contributed by atoms with E-state index in [-0.39, 0.29) is 11.6 Å². The van der Waals surface area contributed by atoms with E-state index in [1.807, 2.05) is 0 Å². The quantitative estimate of drug-likeness (QED) is 0.476. The van der Waals surface area contributed by atoms with Crippen LogP contribution in [0.4, 0.5) is 29.7 Å². The molecule has 2 amide bonds. The summed E-state index contributed by atoms with van der Waals surface area (Å²) in [6, 6.07) is 11.0. The Bertz CT molecular complexity index is 853. The minimum Gasteiger partial charge on any atom is -0.449 e. The Labute approximate surface area is 204 Å². The monoisotopic (exact) mass is 490 g/mol. The van der Waals surface area contributed by atoms with E-state index in [0.29, 0.717) is 24.6 Å². The standard InChI is InChI=1S/C25H32F2N4O4/c26-20-4-8-22(9-5-20)28-24(32)34-18-2-14-30-12-1-13-31(17-16-30)15-3-19-35-25(33)29-23-10-6-21(27)7-11-23/h4-11H,1-3,12-19H2,(H,28,32)(H,29,33). The topological polar surface area (TPSA) is 83.1 Å². The van der Waals surface area contributed by atoms with Crippen LogP contribution in [0.25, 0.3) is 0 Å². The van der Waals surface area contributed by atoms with Gasteiger partial charge in [-0.15, -0.1) is 0 Å². The third-order valence-corrected chi connectivity index (χ3v) is 5.57. The Kier molecular flexibility index (Phi) is 10.7. The van der Waals surface area contributed by atoms with Crippen LogP contribution >= 0.6 is 0 Å². The molecule has 0 aliphatic carbocycles. The highest BCUT2D eigenvalue weighted by molar-refractivity contribution is 5.84. The van der Waals surface area contributed by atoms with Crippen LogP contribution in [-0.4, -0.2) is 74.5 Å². The fraction of sp³-hybridized carbons (Fsp3) is 0.440. The molecular formula is C25H32F2N4O4. The summed E-state index contributed by atoms with van der Waals surface area (Å²) in [4.78, 5) is 28.4. The number of nitrogens with one attached hydrogen (secondary N) is 2. The van der Waals surface area contributed by atoms with Gasteiger partial charge < -0.3 is 19.3 Å². The molecule has 0 saturated carbocycles. The van der Waals surface area contributed by atoms with Crippen molar-refractivity contribution in [2.75, 3.05) is 63.1 Å². The van der Waals surface area contributed by atoms with Crippen LogP contribution in [0.15, 0.2) is 48.5 Å². The Morgan fingerprint density at radius 3 is 1.49 bits per heavy atom. The van der Waals surface area contributed by atoms with Crippen LogP contribution in [0.2, 0.25) is 0 Å². The molecule has 190 valence electrons. The zero-order chi connectivity index (χ0) is 24.9. The number of hydrogen-bond donors (Lipinski definition) is 2. The Balaban J connectivity index is 1.22. The number of hydrogen-bond acceptors (Lipinski definition) is 6. The summed E-state index contributed by atoms with van der Waals surface area (Å²) >= 11 is 0. The summed E-state index contributed by atoms with van der Waals surface area (Å²) in [6.45, 7) is 6.11. The number of benzene rings is 2. The fourth-order valence-electron chi connectivity index (χ4n) is 3.75. The van der Waals surface area contributed by atoms with Gasteiger partial charge in [-0.1, -0.05) is 0 Å². The van der Waals surface area contributed by atoms with Gasteiger partial charge >= 0.3 is 12.2 Å². The predicted octanol–water partition coefficient (Wildman–Crippen LogP) is 4.55. The average molecular weight is 491 g/mol. The second-order valence-corrected chi connectivity index (χ2v) is 8.28. The maximum atomic E-state index is 12.9. The van der Waals surface area contributed by atoms with Crippen LogP contribution in [0.3, 0.4) is 0 Å². The van der Waals surface area contributed by atoms with Crippen LogP contribution in [0, 0.1) is 11.6 Å². The van der Waals surface area contributed by atoms with Crippen LogP contribution in [0.5, 0.6) is 0 Å².